The number of rotatable bonds is 9. The highest BCUT2D eigenvalue weighted by Gasteiger charge is 2.14. The summed E-state index contributed by atoms with van der Waals surface area (Å²) in [4.78, 5) is 26.6. The molecule has 0 fully saturated rings. The lowest BCUT2D eigenvalue weighted by Crippen LogP contribution is -2.32. The van der Waals surface area contributed by atoms with Crippen LogP contribution >= 0.6 is 0 Å². The van der Waals surface area contributed by atoms with E-state index in [9.17, 15) is 9.59 Å². The molecule has 0 aliphatic rings. The molecule has 2 aromatic carbocycles. The predicted octanol–water partition coefficient (Wildman–Crippen LogP) is 4.31. The SMILES string of the molecule is CCCN(CCC)C(=O)c1ccc(NC(=O)CNc2cccc(C)c2)cc1. The van der Waals surface area contributed by atoms with Crippen molar-refractivity contribution in [1.29, 1.82) is 0 Å². The van der Waals surface area contributed by atoms with Gasteiger partial charge in [-0.1, -0.05) is 26.0 Å². The third-order valence-electron chi connectivity index (χ3n) is 4.16. The van der Waals surface area contributed by atoms with Gasteiger partial charge in [-0.2, -0.15) is 0 Å². The number of benzene rings is 2. The van der Waals surface area contributed by atoms with E-state index in [-0.39, 0.29) is 18.4 Å². The van der Waals surface area contributed by atoms with Gasteiger partial charge in [-0.15, -0.1) is 0 Å². The molecule has 2 amide bonds. The number of anilines is 2. The van der Waals surface area contributed by atoms with Crippen molar-refractivity contribution in [3.8, 4) is 0 Å². The van der Waals surface area contributed by atoms with Crippen molar-refractivity contribution in [3.63, 3.8) is 0 Å². The Morgan fingerprint density at radius 3 is 2.19 bits per heavy atom. The van der Waals surface area contributed by atoms with Gasteiger partial charge in [0.1, 0.15) is 0 Å². The summed E-state index contributed by atoms with van der Waals surface area (Å²) in [6.07, 6.45) is 1.88. The second-order valence-electron chi connectivity index (χ2n) is 6.64. The Morgan fingerprint density at radius 1 is 0.926 bits per heavy atom. The second-order valence-corrected chi connectivity index (χ2v) is 6.64. The van der Waals surface area contributed by atoms with Crippen LogP contribution in [0, 0.1) is 6.92 Å². The van der Waals surface area contributed by atoms with E-state index in [4.69, 9.17) is 0 Å². The summed E-state index contributed by atoms with van der Waals surface area (Å²) in [6.45, 7) is 7.85. The van der Waals surface area contributed by atoms with E-state index in [1.165, 1.54) is 0 Å². The number of amides is 2. The zero-order valence-electron chi connectivity index (χ0n) is 16.4. The highest BCUT2D eigenvalue weighted by atomic mass is 16.2. The molecule has 2 rings (SSSR count). The van der Waals surface area contributed by atoms with Gasteiger partial charge in [0.2, 0.25) is 5.91 Å². The van der Waals surface area contributed by atoms with Gasteiger partial charge < -0.3 is 15.5 Å². The topological polar surface area (TPSA) is 61.4 Å². The van der Waals surface area contributed by atoms with Gasteiger partial charge in [0.25, 0.3) is 5.91 Å². The molecule has 5 heteroatoms. The average Bonchev–Trinajstić information content (AvgIpc) is 2.66. The molecule has 0 atom stereocenters. The average molecular weight is 367 g/mol. The van der Waals surface area contributed by atoms with Crippen LogP contribution < -0.4 is 10.6 Å². The summed E-state index contributed by atoms with van der Waals surface area (Å²) in [6, 6.07) is 15.0. The first-order chi connectivity index (χ1) is 13.0. The fourth-order valence-electron chi connectivity index (χ4n) is 2.88. The summed E-state index contributed by atoms with van der Waals surface area (Å²) >= 11 is 0. The minimum atomic E-state index is -0.130. The zero-order valence-corrected chi connectivity index (χ0v) is 16.4. The number of hydrogen-bond acceptors (Lipinski definition) is 3. The van der Waals surface area contributed by atoms with Crippen molar-refractivity contribution in [2.45, 2.75) is 33.6 Å². The second kappa shape index (κ2) is 10.4. The molecule has 27 heavy (non-hydrogen) atoms. The third kappa shape index (κ3) is 6.44. The van der Waals surface area contributed by atoms with Crippen molar-refractivity contribution in [2.24, 2.45) is 0 Å². The molecule has 0 unspecified atom stereocenters. The summed E-state index contributed by atoms with van der Waals surface area (Å²) in [5, 5.41) is 5.95. The monoisotopic (exact) mass is 367 g/mol. The van der Waals surface area contributed by atoms with Crippen LogP contribution in [-0.2, 0) is 4.79 Å². The molecule has 0 aliphatic carbocycles. The summed E-state index contributed by atoms with van der Waals surface area (Å²) in [5.41, 5.74) is 3.38. The highest BCUT2D eigenvalue weighted by molar-refractivity contribution is 5.96. The Morgan fingerprint density at radius 2 is 1.59 bits per heavy atom. The van der Waals surface area contributed by atoms with E-state index in [1.807, 2.05) is 36.1 Å². The van der Waals surface area contributed by atoms with Crippen LogP contribution in [0.1, 0.15) is 42.6 Å². The molecule has 0 heterocycles. The molecular formula is C22H29N3O2. The van der Waals surface area contributed by atoms with E-state index in [0.29, 0.717) is 11.3 Å². The van der Waals surface area contributed by atoms with Crippen LogP contribution in [0.4, 0.5) is 11.4 Å². The maximum Gasteiger partial charge on any atom is 0.253 e. The van der Waals surface area contributed by atoms with E-state index in [2.05, 4.69) is 24.5 Å². The molecule has 0 aromatic heterocycles. The normalized spacial score (nSPS) is 10.3. The van der Waals surface area contributed by atoms with E-state index in [0.717, 1.165) is 37.2 Å². The number of carbonyl (C=O) groups is 2. The number of nitrogens with one attached hydrogen (secondary N) is 2. The molecule has 0 radical (unpaired) electrons. The van der Waals surface area contributed by atoms with Crippen LogP contribution in [0.15, 0.2) is 48.5 Å². The number of hydrogen-bond donors (Lipinski definition) is 2. The third-order valence-corrected chi connectivity index (χ3v) is 4.16. The molecule has 0 aliphatic heterocycles. The Balaban J connectivity index is 1.90. The molecule has 2 aromatic rings. The summed E-state index contributed by atoms with van der Waals surface area (Å²) in [5.74, 6) is -0.0909. The molecule has 144 valence electrons. The van der Waals surface area contributed by atoms with Gasteiger partial charge in [0, 0.05) is 30.0 Å². The Kier molecular flexibility index (Phi) is 7.86. The van der Waals surface area contributed by atoms with Gasteiger partial charge >= 0.3 is 0 Å². The van der Waals surface area contributed by atoms with Crippen molar-refractivity contribution >= 4 is 23.2 Å². The largest absolute Gasteiger partial charge is 0.376 e. The van der Waals surface area contributed by atoms with Gasteiger partial charge in [-0.3, -0.25) is 9.59 Å². The maximum atomic E-state index is 12.6. The lowest BCUT2D eigenvalue weighted by atomic mass is 10.1. The number of nitrogens with zero attached hydrogens (tertiary/aromatic N) is 1. The standard InChI is InChI=1S/C22H29N3O2/c1-4-13-25(14-5-2)22(27)18-9-11-19(12-10-18)24-21(26)16-23-20-8-6-7-17(3)15-20/h6-12,15,23H,4-5,13-14,16H2,1-3H3,(H,24,26). The van der Waals surface area contributed by atoms with Crippen molar-refractivity contribution in [2.75, 3.05) is 30.3 Å². The van der Waals surface area contributed by atoms with Gasteiger partial charge in [0.15, 0.2) is 0 Å². The van der Waals surface area contributed by atoms with Gasteiger partial charge in [-0.25, -0.2) is 0 Å². The zero-order chi connectivity index (χ0) is 19.6. The molecular weight excluding hydrogens is 338 g/mol. The van der Waals surface area contributed by atoms with Crippen LogP contribution in [0.25, 0.3) is 0 Å². The van der Waals surface area contributed by atoms with Crippen LogP contribution in [0.2, 0.25) is 0 Å². The first kappa shape index (κ1) is 20.5. The minimum Gasteiger partial charge on any atom is -0.376 e. The molecule has 0 saturated carbocycles. The quantitative estimate of drug-likeness (QED) is 0.694. The fourth-order valence-corrected chi connectivity index (χ4v) is 2.88. The van der Waals surface area contributed by atoms with Gasteiger partial charge in [-0.05, 0) is 61.7 Å². The lowest BCUT2D eigenvalue weighted by Gasteiger charge is -2.21. The molecule has 0 bridgehead atoms. The minimum absolute atomic E-state index is 0.0395. The summed E-state index contributed by atoms with van der Waals surface area (Å²) in [7, 11) is 0. The first-order valence-corrected chi connectivity index (χ1v) is 9.53. The van der Waals surface area contributed by atoms with Crippen LogP contribution in [0.5, 0.6) is 0 Å². The maximum absolute atomic E-state index is 12.6. The number of carbonyl (C=O) groups excluding carboxylic acids is 2. The van der Waals surface area contributed by atoms with E-state index in [1.54, 1.807) is 24.3 Å². The molecule has 2 N–H and O–H groups in total. The van der Waals surface area contributed by atoms with Crippen molar-refractivity contribution in [1.82, 2.24) is 4.90 Å². The lowest BCUT2D eigenvalue weighted by molar-refractivity contribution is -0.114. The molecule has 5 nitrogen and oxygen atoms in total. The Labute approximate surface area is 161 Å². The molecule has 0 saturated heterocycles. The Hall–Kier alpha value is -2.82. The smallest absolute Gasteiger partial charge is 0.253 e. The molecule has 0 spiro atoms. The van der Waals surface area contributed by atoms with Crippen molar-refractivity contribution < 1.29 is 9.59 Å². The fraction of sp³-hybridized carbons (Fsp3) is 0.364. The van der Waals surface area contributed by atoms with Crippen molar-refractivity contribution in [3.05, 3.63) is 59.7 Å². The Bertz CT molecular complexity index is 750. The highest BCUT2D eigenvalue weighted by Crippen LogP contribution is 2.13. The van der Waals surface area contributed by atoms with Crippen LogP contribution in [0.3, 0.4) is 0 Å². The van der Waals surface area contributed by atoms with E-state index >= 15 is 0 Å². The first-order valence-electron chi connectivity index (χ1n) is 9.53. The van der Waals surface area contributed by atoms with Crippen LogP contribution in [-0.4, -0.2) is 36.3 Å². The van der Waals surface area contributed by atoms with Gasteiger partial charge in [0.05, 0.1) is 6.54 Å². The van der Waals surface area contributed by atoms with E-state index < -0.39 is 0 Å². The predicted molar refractivity (Wildman–Crippen MR) is 111 cm³/mol. The summed E-state index contributed by atoms with van der Waals surface area (Å²) < 4.78 is 0. The number of aryl methyl sites for hydroxylation is 1.